The Morgan fingerprint density at radius 3 is 3.00 bits per heavy atom. The Morgan fingerprint density at radius 2 is 2.24 bits per heavy atom. The topological polar surface area (TPSA) is 56.7 Å². The third kappa shape index (κ3) is 3.46. The van der Waals surface area contributed by atoms with Crippen LogP contribution in [-0.4, -0.2) is 20.0 Å². The summed E-state index contributed by atoms with van der Waals surface area (Å²) in [5, 5.41) is 13.5. The number of hydrogen-bond acceptors (Lipinski definition) is 5. The predicted octanol–water partition coefficient (Wildman–Crippen LogP) is 3.90. The van der Waals surface area contributed by atoms with Crippen molar-refractivity contribution in [3.63, 3.8) is 0 Å². The van der Waals surface area contributed by atoms with E-state index in [1.807, 2.05) is 42.1 Å². The highest BCUT2D eigenvalue weighted by Gasteiger charge is 2.11. The van der Waals surface area contributed by atoms with E-state index in [-0.39, 0.29) is 0 Å². The highest BCUT2D eigenvalue weighted by molar-refractivity contribution is 7.98. The number of hydrogen-bond donors (Lipinski definition) is 0. The van der Waals surface area contributed by atoms with E-state index in [1.165, 1.54) is 11.8 Å². The molecule has 0 radical (unpaired) electrons. The standard InChI is InChI=1S/C14H13ClN4OS/c1-2-19-8-11(7-16-19)13-17-18-14(20-13)21-9-10-4-3-5-12(15)6-10/h3-8H,2,9H2,1H3. The van der Waals surface area contributed by atoms with Crippen molar-refractivity contribution < 1.29 is 4.42 Å². The molecular weight excluding hydrogens is 308 g/mol. The van der Waals surface area contributed by atoms with Gasteiger partial charge in [-0.15, -0.1) is 10.2 Å². The molecule has 21 heavy (non-hydrogen) atoms. The fourth-order valence-electron chi connectivity index (χ4n) is 1.80. The van der Waals surface area contributed by atoms with Gasteiger partial charge in [0.15, 0.2) is 0 Å². The Bertz CT molecular complexity index is 740. The average Bonchev–Trinajstić information content (AvgIpc) is 3.14. The lowest BCUT2D eigenvalue weighted by molar-refractivity contribution is 0.466. The van der Waals surface area contributed by atoms with E-state index in [2.05, 4.69) is 15.3 Å². The Balaban J connectivity index is 1.67. The van der Waals surface area contributed by atoms with Gasteiger partial charge in [0, 0.05) is 23.5 Å². The van der Waals surface area contributed by atoms with Crippen molar-refractivity contribution in [3.8, 4) is 11.5 Å². The first-order chi connectivity index (χ1) is 10.2. The molecule has 7 heteroatoms. The van der Waals surface area contributed by atoms with Crippen LogP contribution in [0.5, 0.6) is 0 Å². The summed E-state index contributed by atoms with van der Waals surface area (Å²) in [6.07, 6.45) is 3.61. The van der Waals surface area contributed by atoms with Gasteiger partial charge in [0.25, 0.3) is 11.1 Å². The van der Waals surface area contributed by atoms with Crippen LogP contribution in [0.1, 0.15) is 12.5 Å². The van der Waals surface area contributed by atoms with Crippen LogP contribution in [-0.2, 0) is 12.3 Å². The smallest absolute Gasteiger partial charge is 0.277 e. The minimum Gasteiger partial charge on any atom is -0.411 e. The van der Waals surface area contributed by atoms with E-state index in [0.717, 1.165) is 28.4 Å². The molecule has 3 aromatic rings. The average molecular weight is 321 g/mol. The quantitative estimate of drug-likeness (QED) is 0.667. The summed E-state index contributed by atoms with van der Waals surface area (Å²) in [6, 6.07) is 7.72. The van der Waals surface area contributed by atoms with Gasteiger partial charge in [-0.1, -0.05) is 35.5 Å². The number of aryl methyl sites for hydroxylation is 1. The van der Waals surface area contributed by atoms with Crippen LogP contribution in [0.25, 0.3) is 11.5 Å². The Morgan fingerprint density at radius 1 is 1.33 bits per heavy atom. The Labute approximate surface area is 131 Å². The molecule has 0 saturated carbocycles. The number of thioether (sulfide) groups is 1. The molecule has 0 N–H and O–H groups in total. The predicted molar refractivity (Wildman–Crippen MR) is 82.2 cm³/mol. The van der Waals surface area contributed by atoms with E-state index >= 15 is 0 Å². The number of nitrogens with zero attached hydrogens (tertiary/aromatic N) is 4. The van der Waals surface area contributed by atoms with Crippen LogP contribution in [0.15, 0.2) is 46.3 Å². The molecule has 0 spiro atoms. The summed E-state index contributed by atoms with van der Waals surface area (Å²) in [4.78, 5) is 0. The molecule has 0 atom stereocenters. The van der Waals surface area contributed by atoms with Crippen molar-refractivity contribution in [1.29, 1.82) is 0 Å². The van der Waals surface area contributed by atoms with E-state index in [0.29, 0.717) is 11.1 Å². The molecule has 0 aliphatic rings. The van der Waals surface area contributed by atoms with Crippen molar-refractivity contribution in [2.75, 3.05) is 0 Å². The van der Waals surface area contributed by atoms with E-state index in [1.54, 1.807) is 6.20 Å². The lowest BCUT2D eigenvalue weighted by atomic mass is 10.2. The van der Waals surface area contributed by atoms with Gasteiger partial charge >= 0.3 is 0 Å². The molecule has 0 aliphatic carbocycles. The summed E-state index contributed by atoms with van der Waals surface area (Å²) >= 11 is 7.44. The molecule has 2 heterocycles. The minimum atomic E-state index is 0.489. The molecule has 0 unspecified atom stereocenters. The molecule has 1 aromatic carbocycles. The van der Waals surface area contributed by atoms with Crippen LogP contribution >= 0.6 is 23.4 Å². The van der Waals surface area contributed by atoms with E-state index < -0.39 is 0 Å². The largest absolute Gasteiger partial charge is 0.411 e. The summed E-state index contributed by atoms with van der Waals surface area (Å²) in [5.74, 6) is 1.22. The van der Waals surface area contributed by atoms with Gasteiger partial charge in [-0.3, -0.25) is 4.68 Å². The first kappa shape index (κ1) is 14.2. The Kier molecular flexibility index (Phi) is 4.26. The van der Waals surface area contributed by atoms with Gasteiger partial charge in [-0.2, -0.15) is 5.10 Å². The maximum absolute atomic E-state index is 5.96. The van der Waals surface area contributed by atoms with E-state index in [9.17, 15) is 0 Å². The highest BCUT2D eigenvalue weighted by Crippen LogP contribution is 2.26. The lowest BCUT2D eigenvalue weighted by Crippen LogP contribution is -1.91. The zero-order valence-electron chi connectivity index (χ0n) is 11.4. The summed E-state index contributed by atoms with van der Waals surface area (Å²) in [6.45, 7) is 2.83. The summed E-state index contributed by atoms with van der Waals surface area (Å²) < 4.78 is 7.45. The van der Waals surface area contributed by atoms with Crippen molar-refractivity contribution in [3.05, 3.63) is 47.2 Å². The maximum Gasteiger partial charge on any atom is 0.277 e. The second kappa shape index (κ2) is 6.32. The van der Waals surface area contributed by atoms with Gasteiger partial charge < -0.3 is 4.42 Å². The van der Waals surface area contributed by atoms with Crippen molar-refractivity contribution >= 4 is 23.4 Å². The second-order valence-corrected chi connectivity index (χ2v) is 5.74. The van der Waals surface area contributed by atoms with Gasteiger partial charge in [0.2, 0.25) is 0 Å². The molecular formula is C14H13ClN4OS. The van der Waals surface area contributed by atoms with Crippen molar-refractivity contribution in [2.45, 2.75) is 24.4 Å². The molecule has 0 saturated heterocycles. The molecule has 0 fully saturated rings. The molecule has 0 bridgehead atoms. The SMILES string of the molecule is CCn1cc(-c2nnc(SCc3cccc(Cl)c3)o2)cn1. The van der Waals surface area contributed by atoms with Gasteiger partial charge in [0.1, 0.15) is 0 Å². The minimum absolute atomic E-state index is 0.489. The lowest BCUT2D eigenvalue weighted by Gasteiger charge is -1.98. The summed E-state index contributed by atoms with van der Waals surface area (Å²) in [7, 11) is 0. The van der Waals surface area contributed by atoms with Crippen LogP contribution in [0.4, 0.5) is 0 Å². The highest BCUT2D eigenvalue weighted by atomic mass is 35.5. The first-order valence-corrected chi connectivity index (χ1v) is 7.84. The fourth-order valence-corrected chi connectivity index (χ4v) is 2.72. The normalized spacial score (nSPS) is 11.0. The van der Waals surface area contributed by atoms with Crippen molar-refractivity contribution in [1.82, 2.24) is 20.0 Å². The molecule has 5 nitrogen and oxygen atoms in total. The van der Waals surface area contributed by atoms with Gasteiger partial charge in [0.05, 0.1) is 11.8 Å². The molecule has 3 rings (SSSR count). The molecule has 2 aromatic heterocycles. The maximum atomic E-state index is 5.96. The van der Waals surface area contributed by atoms with Gasteiger partial charge in [-0.05, 0) is 24.6 Å². The first-order valence-electron chi connectivity index (χ1n) is 6.48. The zero-order valence-corrected chi connectivity index (χ0v) is 12.9. The Hall–Kier alpha value is -1.79. The fraction of sp³-hybridized carbons (Fsp3) is 0.214. The van der Waals surface area contributed by atoms with Crippen LogP contribution in [0.3, 0.4) is 0 Å². The number of halogens is 1. The monoisotopic (exact) mass is 320 g/mol. The molecule has 108 valence electrons. The molecule has 0 aliphatic heterocycles. The third-order valence-electron chi connectivity index (χ3n) is 2.86. The van der Waals surface area contributed by atoms with Gasteiger partial charge in [-0.25, -0.2) is 0 Å². The number of benzene rings is 1. The summed E-state index contributed by atoms with van der Waals surface area (Å²) in [5.41, 5.74) is 1.95. The molecule has 0 amide bonds. The zero-order chi connectivity index (χ0) is 14.7. The van der Waals surface area contributed by atoms with Crippen LogP contribution in [0.2, 0.25) is 5.02 Å². The van der Waals surface area contributed by atoms with E-state index in [4.69, 9.17) is 16.0 Å². The second-order valence-electron chi connectivity index (χ2n) is 4.38. The number of aromatic nitrogens is 4. The third-order valence-corrected chi connectivity index (χ3v) is 3.99. The van der Waals surface area contributed by atoms with Crippen LogP contribution in [0, 0.1) is 0 Å². The number of rotatable bonds is 5. The van der Waals surface area contributed by atoms with Crippen LogP contribution < -0.4 is 0 Å². The van der Waals surface area contributed by atoms with Crippen molar-refractivity contribution in [2.24, 2.45) is 0 Å².